The highest BCUT2D eigenvalue weighted by Gasteiger charge is 2.09. The molecule has 0 saturated carbocycles. The third-order valence-electron chi connectivity index (χ3n) is 3.38. The zero-order valence-electron chi connectivity index (χ0n) is 9.37. The summed E-state index contributed by atoms with van der Waals surface area (Å²) >= 11 is 0. The Morgan fingerprint density at radius 2 is 1.94 bits per heavy atom. The number of hydrogen-bond donors (Lipinski definition) is 1. The predicted molar refractivity (Wildman–Crippen MR) is 64.5 cm³/mol. The lowest BCUT2D eigenvalue weighted by Gasteiger charge is -2.16. The van der Waals surface area contributed by atoms with Gasteiger partial charge in [-0.25, -0.2) is 0 Å². The lowest BCUT2D eigenvalue weighted by atomic mass is 9.89. The summed E-state index contributed by atoms with van der Waals surface area (Å²) < 4.78 is 0. The molecule has 82 valence electrons. The lowest BCUT2D eigenvalue weighted by molar-refractivity contribution is 0.684. The molecule has 0 aliphatic heterocycles. The summed E-state index contributed by atoms with van der Waals surface area (Å²) in [7, 11) is 0. The Balaban J connectivity index is 1.86. The van der Waals surface area contributed by atoms with Crippen molar-refractivity contribution >= 4 is 0 Å². The third kappa shape index (κ3) is 1.87. The number of aromatic amines is 1. The van der Waals surface area contributed by atoms with Crippen LogP contribution in [-0.4, -0.2) is 10.2 Å². The SMILES string of the molecule is c1cc2c(cc1Cc1cn[nH]c1)CCCC2. The molecule has 1 N–H and O–H groups in total. The summed E-state index contributed by atoms with van der Waals surface area (Å²) in [5.74, 6) is 0. The summed E-state index contributed by atoms with van der Waals surface area (Å²) in [6.45, 7) is 0. The molecular weight excluding hydrogens is 196 g/mol. The maximum Gasteiger partial charge on any atom is 0.0522 e. The second kappa shape index (κ2) is 4.12. The molecule has 2 nitrogen and oxygen atoms in total. The number of rotatable bonds is 2. The highest BCUT2D eigenvalue weighted by atomic mass is 15.1. The molecule has 1 aromatic carbocycles. The van der Waals surface area contributed by atoms with Crippen LogP contribution in [0, 0.1) is 0 Å². The Hall–Kier alpha value is -1.57. The Labute approximate surface area is 95.7 Å². The fourth-order valence-corrected chi connectivity index (χ4v) is 2.51. The van der Waals surface area contributed by atoms with E-state index >= 15 is 0 Å². The molecule has 0 bridgehead atoms. The smallest absolute Gasteiger partial charge is 0.0522 e. The van der Waals surface area contributed by atoms with E-state index in [1.54, 1.807) is 11.1 Å². The van der Waals surface area contributed by atoms with Gasteiger partial charge in [0.05, 0.1) is 6.20 Å². The van der Waals surface area contributed by atoms with Crippen molar-refractivity contribution < 1.29 is 0 Å². The average Bonchev–Trinajstić information content (AvgIpc) is 2.82. The van der Waals surface area contributed by atoms with Gasteiger partial charge in [0.2, 0.25) is 0 Å². The van der Waals surface area contributed by atoms with Crippen LogP contribution < -0.4 is 0 Å². The maximum absolute atomic E-state index is 3.98. The minimum absolute atomic E-state index is 0.990. The van der Waals surface area contributed by atoms with Gasteiger partial charge in [-0.2, -0.15) is 5.10 Å². The number of H-pyrrole nitrogens is 1. The van der Waals surface area contributed by atoms with Crippen LogP contribution in [0.5, 0.6) is 0 Å². The number of nitrogens with zero attached hydrogens (tertiary/aromatic N) is 1. The van der Waals surface area contributed by atoms with E-state index in [2.05, 4.69) is 28.4 Å². The van der Waals surface area contributed by atoms with Gasteiger partial charge in [0.1, 0.15) is 0 Å². The Bertz CT molecular complexity index is 471. The van der Waals surface area contributed by atoms with E-state index in [0.717, 1.165) is 6.42 Å². The van der Waals surface area contributed by atoms with Crippen molar-refractivity contribution in [2.75, 3.05) is 0 Å². The van der Waals surface area contributed by atoms with Crippen LogP contribution >= 0.6 is 0 Å². The maximum atomic E-state index is 3.98. The largest absolute Gasteiger partial charge is 0.285 e. The van der Waals surface area contributed by atoms with Crippen molar-refractivity contribution in [2.24, 2.45) is 0 Å². The molecule has 3 rings (SSSR count). The Morgan fingerprint density at radius 1 is 1.06 bits per heavy atom. The highest BCUT2D eigenvalue weighted by Crippen LogP contribution is 2.23. The molecule has 0 unspecified atom stereocenters. The van der Waals surface area contributed by atoms with Crippen LogP contribution in [0.1, 0.15) is 35.1 Å². The summed E-state index contributed by atoms with van der Waals surface area (Å²) in [5.41, 5.74) is 5.78. The van der Waals surface area contributed by atoms with Gasteiger partial charge in [-0.15, -0.1) is 0 Å². The number of nitrogens with one attached hydrogen (secondary N) is 1. The number of aromatic nitrogens is 2. The monoisotopic (exact) mass is 212 g/mol. The van der Waals surface area contributed by atoms with Gasteiger partial charge in [-0.1, -0.05) is 18.2 Å². The molecule has 2 aromatic rings. The van der Waals surface area contributed by atoms with Gasteiger partial charge < -0.3 is 0 Å². The van der Waals surface area contributed by atoms with Crippen LogP contribution in [0.15, 0.2) is 30.6 Å². The van der Waals surface area contributed by atoms with Gasteiger partial charge in [-0.3, -0.25) is 5.10 Å². The van der Waals surface area contributed by atoms with Crippen LogP contribution in [0.4, 0.5) is 0 Å². The van der Waals surface area contributed by atoms with E-state index in [0.29, 0.717) is 0 Å². The van der Waals surface area contributed by atoms with Crippen molar-refractivity contribution in [3.05, 3.63) is 52.8 Å². The number of hydrogen-bond acceptors (Lipinski definition) is 1. The number of aryl methyl sites for hydroxylation is 2. The van der Waals surface area contributed by atoms with Crippen molar-refractivity contribution in [1.82, 2.24) is 10.2 Å². The van der Waals surface area contributed by atoms with E-state index in [-0.39, 0.29) is 0 Å². The van der Waals surface area contributed by atoms with Gasteiger partial charge in [0.25, 0.3) is 0 Å². The van der Waals surface area contributed by atoms with Gasteiger partial charge >= 0.3 is 0 Å². The van der Waals surface area contributed by atoms with Crippen LogP contribution in [0.2, 0.25) is 0 Å². The van der Waals surface area contributed by atoms with Crippen molar-refractivity contribution in [3.8, 4) is 0 Å². The first-order valence-electron chi connectivity index (χ1n) is 6.00. The summed E-state index contributed by atoms with van der Waals surface area (Å²) in [5, 5.41) is 6.84. The van der Waals surface area contributed by atoms with Crippen molar-refractivity contribution in [1.29, 1.82) is 0 Å². The molecule has 2 heteroatoms. The summed E-state index contributed by atoms with van der Waals surface area (Å²) in [6, 6.07) is 6.95. The van der Waals surface area contributed by atoms with Gasteiger partial charge in [0.15, 0.2) is 0 Å². The first-order chi connectivity index (χ1) is 7.92. The molecule has 0 fully saturated rings. The molecule has 0 amide bonds. The molecule has 1 aromatic heterocycles. The molecule has 0 radical (unpaired) electrons. The minimum atomic E-state index is 0.990. The number of benzene rings is 1. The Morgan fingerprint density at radius 3 is 2.75 bits per heavy atom. The quantitative estimate of drug-likeness (QED) is 0.814. The fourth-order valence-electron chi connectivity index (χ4n) is 2.51. The van der Waals surface area contributed by atoms with E-state index in [1.807, 2.05) is 12.4 Å². The molecule has 1 aliphatic rings. The molecular formula is C14H16N2. The van der Waals surface area contributed by atoms with E-state index < -0.39 is 0 Å². The van der Waals surface area contributed by atoms with Crippen LogP contribution in [-0.2, 0) is 19.3 Å². The molecule has 1 aliphatic carbocycles. The second-order valence-corrected chi connectivity index (χ2v) is 4.59. The molecule has 16 heavy (non-hydrogen) atoms. The van der Waals surface area contributed by atoms with Crippen molar-refractivity contribution in [2.45, 2.75) is 32.1 Å². The first kappa shape index (κ1) is 9.64. The molecule has 0 spiro atoms. The highest BCUT2D eigenvalue weighted by molar-refractivity contribution is 5.35. The normalized spacial score (nSPS) is 14.8. The van der Waals surface area contributed by atoms with E-state index in [9.17, 15) is 0 Å². The van der Waals surface area contributed by atoms with Crippen molar-refractivity contribution in [3.63, 3.8) is 0 Å². The van der Waals surface area contributed by atoms with Gasteiger partial charge in [-0.05, 0) is 47.9 Å². The average molecular weight is 212 g/mol. The zero-order valence-corrected chi connectivity index (χ0v) is 9.37. The third-order valence-corrected chi connectivity index (χ3v) is 3.38. The van der Waals surface area contributed by atoms with E-state index in [4.69, 9.17) is 0 Å². The topological polar surface area (TPSA) is 28.7 Å². The molecule has 1 heterocycles. The van der Waals surface area contributed by atoms with Gasteiger partial charge in [0, 0.05) is 12.6 Å². The fraction of sp³-hybridized carbons (Fsp3) is 0.357. The van der Waals surface area contributed by atoms with Crippen LogP contribution in [0.25, 0.3) is 0 Å². The molecule has 0 atom stereocenters. The zero-order chi connectivity index (χ0) is 10.8. The minimum Gasteiger partial charge on any atom is -0.285 e. The standard InChI is InChI=1S/C14H16N2/c1-2-4-14-8-11(5-6-13(14)3-1)7-12-9-15-16-10-12/h5-6,8-10H,1-4,7H2,(H,15,16). The lowest BCUT2D eigenvalue weighted by Crippen LogP contribution is -2.03. The second-order valence-electron chi connectivity index (χ2n) is 4.59. The van der Waals surface area contributed by atoms with E-state index in [1.165, 1.54) is 36.8 Å². The predicted octanol–water partition coefficient (Wildman–Crippen LogP) is 2.88. The Kier molecular flexibility index (Phi) is 2.49. The summed E-state index contributed by atoms with van der Waals surface area (Å²) in [4.78, 5) is 0. The summed E-state index contributed by atoms with van der Waals surface area (Å²) in [6.07, 6.45) is 10.1. The molecule has 0 saturated heterocycles. The first-order valence-corrected chi connectivity index (χ1v) is 6.00. The number of fused-ring (bicyclic) bond motifs is 1. The van der Waals surface area contributed by atoms with Crippen LogP contribution in [0.3, 0.4) is 0 Å².